The van der Waals surface area contributed by atoms with Crippen molar-refractivity contribution in [1.29, 1.82) is 5.26 Å². The second-order valence-corrected chi connectivity index (χ2v) is 7.37. The second-order valence-electron chi connectivity index (χ2n) is 5.69. The van der Waals surface area contributed by atoms with Crippen molar-refractivity contribution in [2.75, 3.05) is 12.3 Å². The number of nitrogens with zero attached hydrogens (tertiary/aromatic N) is 1. The first-order valence-corrected chi connectivity index (χ1v) is 8.19. The predicted octanol–water partition coefficient (Wildman–Crippen LogP) is 3.20. The van der Waals surface area contributed by atoms with Gasteiger partial charge in [0.05, 0.1) is 17.7 Å². The fourth-order valence-electron chi connectivity index (χ4n) is 2.45. The Balaban J connectivity index is 1.85. The molecule has 2 atom stereocenters. The number of hydrogen-bond donors (Lipinski definition) is 2. The number of urea groups is 1. The summed E-state index contributed by atoms with van der Waals surface area (Å²) < 4.78 is 0.168. The Bertz CT molecular complexity index is 547. The third kappa shape index (κ3) is 4.40. The minimum Gasteiger partial charge on any atom is -0.337 e. The van der Waals surface area contributed by atoms with Gasteiger partial charge in [0.15, 0.2) is 0 Å². The molecule has 1 aromatic rings. The predicted molar refractivity (Wildman–Crippen MR) is 86.2 cm³/mol. The molecule has 2 amide bonds. The zero-order valence-corrected chi connectivity index (χ0v) is 13.3. The van der Waals surface area contributed by atoms with Crippen LogP contribution < -0.4 is 10.6 Å². The third-order valence-electron chi connectivity index (χ3n) is 3.79. The first-order valence-electron chi connectivity index (χ1n) is 7.21. The fraction of sp³-hybridized carbons (Fsp3) is 0.500. The molecule has 1 heterocycles. The molecule has 1 aliphatic rings. The fourth-order valence-corrected chi connectivity index (χ4v) is 3.70. The highest BCUT2D eigenvalue weighted by Gasteiger charge is 2.29. The lowest BCUT2D eigenvalue weighted by atomic mass is 10.1. The molecule has 0 bridgehead atoms. The van der Waals surface area contributed by atoms with Gasteiger partial charge in [-0.15, -0.1) is 0 Å². The highest BCUT2D eigenvalue weighted by atomic mass is 32.2. The molecule has 1 aromatic carbocycles. The van der Waals surface area contributed by atoms with Crippen molar-refractivity contribution in [2.45, 2.75) is 37.5 Å². The van der Waals surface area contributed by atoms with Gasteiger partial charge < -0.3 is 10.6 Å². The van der Waals surface area contributed by atoms with Crippen molar-refractivity contribution in [3.05, 3.63) is 35.4 Å². The van der Waals surface area contributed by atoms with Crippen LogP contribution in [0.25, 0.3) is 0 Å². The molecule has 0 aliphatic carbocycles. The monoisotopic (exact) mass is 303 g/mol. The van der Waals surface area contributed by atoms with Crippen molar-refractivity contribution in [3.8, 4) is 6.07 Å². The molecule has 0 spiro atoms. The first kappa shape index (κ1) is 15.7. The highest BCUT2D eigenvalue weighted by molar-refractivity contribution is 8.00. The zero-order chi connectivity index (χ0) is 15.3. The van der Waals surface area contributed by atoms with Crippen LogP contribution in [0.2, 0.25) is 0 Å². The van der Waals surface area contributed by atoms with E-state index in [0.29, 0.717) is 12.1 Å². The van der Waals surface area contributed by atoms with E-state index in [9.17, 15) is 4.79 Å². The molecular formula is C16H21N3OS. The van der Waals surface area contributed by atoms with Crippen LogP contribution in [0.4, 0.5) is 4.79 Å². The molecule has 2 N–H and O–H groups in total. The van der Waals surface area contributed by atoms with Crippen LogP contribution in [-0.4, -0.2) is 23.1 Å². The van der Waals surface area contributed by atoms with E-state index in [2.05, 4.69) is 23.6 Å². The third-order valence-corrected chi connectivity index (χ3v) is 5.32. The van der Waals surface area contributed by atoms with Gasteiger partial charge in [0.25, 0.3) is 0 Å². The lowest BCUT2D eigenvalue weighted by Gasteiger charge is -2.24. The van der Waals surface area contributed by atoms with Crippen LogP contribution in [0.5, 0.6) is 0 Å². The number of thioether (sulfide) groups is 1. The van der Waals surface area contributed by atoms with E-state index < -0.39 is 0 Å². The second kappa shape index (κ2) is 6.86. The Labute approximate surface area is 130 Å². The molecule has 112 valence electrons. The summed E-state index contributed by atoms with van der Waals surface area (Å²) in [5.74, 6) is 1.18. The molecule has 0 saturated carbocycles. The summed E-state index contributed by atoms with van der Waals surface area (Å²) in [6.45, 7) is 4.81. The Morgan fingerprint density at radius 2 is 2.38 bits per heavy atom. The lowest BCUT2D eigenvalue weighted by Crippen LogP contribution is -2.43. The van der Waals surface area contributed by atoms with E-state index in [-0.39, 0.29) is 16.8 Å². The molecule has 21 heavy (non-hydrogen) atoms. The van der Waals surface area contributed by atoms with Crippen LogP contribution in [0.1, 0.15) is 43.9 Å². The molecule has 0 unspecified atom stereocenters. The van der Waals surface area contributed by atoms with Gasteiger partial charge in [-0.1, -0.05) is 12.1 Å². The quantitative estimate of drug-likeness (QED) is 0.897. The number of carbonyl (C=O) groups excluding carboxylic acids is 1. The van der Waals surface area contributed by atoms with Crippen LogP contribution in [0, 0.1) is 11.3 Å². The summed E-state index contributed by atoms with van der Waals surface area (Å²) in [4.78, 5) is 12.0. The van der Waals surface area contributed by atoms with E-state index in [1.54, 1.807) is 12.1 Å². The summed E-state index contributed by atoms with van der Waals surface area (Å²) in [7, 11) is 0. The highest BCUT2D eigenvalue weighted by Crippen LogP contribution is 2.36. The molecule has 0 radical (unpaired) electrons. The number of nitrogens with one attached hydrogen (secondary N) is 2. The number of hydrogen-bond acceptors (Lipinski definition) is 3. The molecular weight excluding hydrogens is 282 g/mol. The van der Waals surface area contributed by atoms with Crippen molar-refractivity contribution < 1.29 is 4.79 Å². The van der Waals surface area contributed by atoms with Gasteiger partial charge in [0, 0.05) is 11.3 Å². The van der Waals surface area contributed by atoms with Gasteiger partial charge in [0.2, 0.25) is 0 Å². The Morgan fingerprint density at radius 3 is 3.05 bits per heavy atom. The maximum Gasteiger partial charge on any atom is 0.315 e. The number of carbonyl (C=O) groups is 1. The maximum absolute atomic E-state index is 12.0. The smallest absolute Gasteiger partial charge is 0.315 e. The largest absolute Gasteiger partial charge is 0.337 e. The van der Waals surface area contributed by atoms with E-state index in [1.165, 1.54) is 12.2 Å². The summed E-state index contributed by atoms with van der Waals surface area (Å²) in [6, 6.07) is 9.15. The first-order chi connectivity index (χ1) is 10.0. The molecule has 0 aromatic heterocycles. The van der Waals surface area contributed by atoms with Gasteiger partial charge in [-0.3, -0.25) is 0 Å². The number of amides is 2. The van der Waals surface area contributed by atoms with Crippen LogP contribution in [0.3, 0.4) is 0 Å². The average Bonchev–Trinajstić information content (AvgIpc) is 2.92. The molecule has 1 saturated heterocycles. The lowest BCUT2D eigenvalue weighted by molar-refractivity contribution is 0.237. The Morgan fingerprint density at radius 1 is 1.57 bits per heavy atom. The molecule has 5 heteroatoms. The van der Waals surface area contributed by atoms with Crippen molar-refractivity contribution >= 4 is 17.8 Å². The number of benzene rings is 1. The van der Waals surface area contributed by atoms with Crippen molar-refractivity contribution in [1.82, 2.24) is 10.6 Å². The summed E-state index contributed by atoms with van der Waals surface area (Å²) in [5, 5.41) is 14.8. The number of rotatable bonds is 4. The minimum absolute atomic E-state index is 0.123. The van der Waals surface area contributed by atoms with Gasteiger partial charge in [-0.05, 0) is 50.1 Å². The van der Waals surface area contributed by atoms with Crippen LogP contribution in [0.15, 0.2) is 24.3 Å². The number of nitriles is 1. The van der Waals surface area contributed by atoms with Gasteiger partial charge in [0.1, 0.15) is 0 Å². The average molecular weight is 303 g/mol. The standard InChI is InChI=1S/C16H21N3OS/c1-12(14-6-3-5-13(9-14)10-17)19-15(20)18-11-16(2)7-4-8-21-16/h3,5-6,9,12H,4,7-8,11H2,1-2H3,(H2,18,19,20)/t12-,16-/m1/s1. The Hall–Kier alpha value is -1.67. The molecule has 2 rings (SSSR count). The van der Waals surface area contributed by atoms with E-state index in [0.717, 1.165) is 12.0 Å². The Kier molecular flexibility index (Phi) is 5.13. The molecule has 1 aliphatic heterocycles. The van der Waals surface area contributed by atoms with Gasteiger partial charge >= 0.3 is 6.03 Å². The van der Waals surface area contributed by atoms with E-state index in [1.807, 2.05) is 30.8 Å². The topological polar surface area (TPSA) is 64.9 Å². The van der Waals surface area contributed by atoms with E-state index >= 15 is 0 Å². The van der Waals surface area contributed by atoms with Crippen LogP contribution in [-0.2, 0) is 0 Å². The maximum atomic E-state index is 12.0. The molecule has 1 fully saturated rings. The van der Waals surface area contributed by atoms with Crippen molar-refractivity contribution in [2.24, 2.45) is 0 Å². The normalized spacial score (nSPS) is 22.3. The zero-order valence-electron chi connectivity index (χ0n) is 12.5. The van der Waals surface area contributed by atoms with Crippen LogP contribution >= 0.6 is 11.8 Å². The summed E-state index contributed by atoms with van der Waals surface area (Å²) in [6.07, 6.45) is 2.37. The minimum atomic E-state index is -0.154. The SMILES string of the molecule is C[C@@H](NC(=O)NC[C@@]1(C)CCCS1)c1cccc(C#N)c1. The summed E-state index contributed by atoms with van der Waals surface area (Å²) >= 11 is 1.93. The van der Waals surface area contributed by atoms with Gasteiger partial charge in [-0.2, -0.15) is 17.0 Å². The van der Waals surface area contributed by atoms with Crippen molar-refractivity contribution in [3.63, 3.8) is 0 Å². The van der Waals surface area contributed by atoms with Gasteiger partial charge in [-0.25, -0.2) is 4.79 Å². The summed E-state index contributed by atoms with van der Waals surface area (Å²) in [5.41, 5.74) is 1.54. The van der Waals surface area contributed by atoms with E-state index in [4.69, 9.17) is 5.26 Å². The molecule has 4 nitrogen and oxygen atoms in total.